The molecule has 0 saturated carbocycles. The highest BCUT2D eigenvalue weighted by Crippen LogP contribution is 2.28. The van der Waals surface area contributed by atoms with E-state index in [1.807, 2.05) is 6.92 Å². The summed E-state index contributed by atoms with van der Waals surface area (Å²) in [4.78, 5) is 25.4. The standard InChI is InChI=1S/C22H26FN9O3/c1-3-32(4-2)30-28-14-27-22-26-13-25-21(29-22)15-5-6-18(16(9-15)10-24)35-19-7-8-31(11-17(19)23)20(34)12-33/h3,5-6,9,13,17,19,33H,1,4,7-8,11-12,14H2,2H3,(H,25,26,27,29)/t17-,19+/m1/s1. The number of carbonyl (C=O) groups is 1. The Morgan fingerprint density at radius 1 is 1.51 bits per heavy atom. The van der Waals surface area contributed by atoms with Crippen LogP contribution in [0.5, 0.6) is 5.75 Å². The molecule has 0 radical (unpaired) electrons. The first kappa shape index (κ1) is 25.4. The largest absolute Gasteiger partial charge is 0.486 e. The first-order valence-electron chi connectivity index (χ1n) is 10.9. The van der Waals surface area contributed by atoms with Crippen LogP contribution in [-0.4, -0.2) is 81.1 Å². The van der Waals surface area contributed by atoms with Crippen molar-refractivity contribution in [2.75, 3.05) is 38.2 Å². The van der Waals surface area contributed by atoms with Crippen LogP contribution in [0.2, 0.25) is 0 Å². The number of hydrogen-bond donors (Lipinski definition) is 2. The van der Waals surface area contributed by atoms with Crippen molar-refractivity contribution in [3.63, 3.8) is 0 Å². The third kappa shape index (κ3) is 6.67. The summed E-state index contributed by atoms with van der Waals surface area (Å²) >= 11 is 0. The smallest absolute Gasteiger partial charge is 0.248 e. The molecule has 1 aliphatic rings. The third-order valence-electron chi connectivity index (χ3n) is 5.20. The second kappa shape index (κ2) is 12.3. The molecule has 1 fully saturated rings. The molecule has 184 valence electrons. The summed E-state index contributed by atoms with van der Waals surface area (Å²) in [5.74, 6) is 0.297. The number of aliphatic hydroxyl groups excluding tert-OH is 1. The van der Waals surface area contributed by atoms with E-state index in [9.17, 15) is 14.4 Å². The number of nitriles is 1. The van der Waals surface area contributed by atoms with E-state index >= 15 is 0 Å². The number of alkyl halides is 1. The Morgan fingerprint density at radius 2 is 2.34 bits per heavy atom. The van der Waals surface area contributed by atoms with Crippen LogP contribution in [0.25, 0.3) is 11.4 Å². The Bertz CT molecular complexity index is 1110. The van der Waals surface area contributed by atoms with Crippen molar-refractivity contribution in [2.24, 2.45) is 10.3 Å². The number of aromatic nitrogens is 3. The summed E-state index contributed by atoms with van der Waals surface area (Å²) in [5, 5.41) is 31.0. The summed E-state index contributed by atoms with van der Waals surface area (Å²) in [5.41, 5.74) is 0.737. The predicted octanol–water partition coefficient (Wildman–Crippen LogP) is 1.92. The van der Waals surface area contributed by atoms with E-state index in [4.69, 9.17) is 9.84 Å². The molecule has 2 atom stereocenters. The first-order valence-corrected chi connectivity index (χ1v) is 10.9. The third-order valence-corrected chi connectivity index (χ3v) is 5.20. The molecule has 35 heavy (non-hydrogen) atoms. The number of rotatable bonds is 10. The average Bonchev–Trinajstić information content (AvgIpc) is 2.89. The molecule has 1 aliphatic heterocycles. The maximum atomic E-state index is 14.6. The normalized spacial score (nSPS) is 17.6. The molecule has 1 aromatic carbocycles. The second-order valence-electron chi connectivity index (χ2n) is 7.42. The van der Waals surface area contributed by atoms with Gasteiger partial charge in [-0.2, -0.15) is 10.2 Å². The topological polar surface area (TPSA) is 152 Å². The zero-order valence-electron chi connectivity index (χ0n) is 19.2. The van der Waals surface area contributed by atoms with Crippen LogP contribution >= 0.6 is 0 Å². The van der Waals surface area contributed by atoms with Gasteiger partial charge in [0.15, 0.2) is 12.0 Å². The van der Waals surface area contributed by atoms with E-state index in [-0.39, 0.29) is 43.4 Å². The van der Waals surface area contributed by atoms with Crippen molar-refractivity contribution in [2.45, 2.75) is 25.6 Å². The summed E-state index contributed by atoms with van der Waals surface area (Å²) in [6.07, 6.45) is 0.857. The van der Waals surface area contributed by atoms with Crippen LogP contribution in [0, 0.1) is 11.3 Å². The molecule has 1 amide bonds. The molecule has 2 heterocycles. The van der Waals surface area contributed by atoms with Crippen LogP contribution in [0.3, 0.4) is 0 Å². The molecule has 0 unspecified atom stereocenters. The van der Waals surface area contributed by atoms with Crippen molar-refractivity contribution in [3.8, 4) is 23.2 Å². The zero-order valence-corrected chi connectivity index (χ0v) is 19.2. The molecule has 2 aromatic rings. The highest BCUT2D eigenvalue weighted by atomic mass is 19.1. The molecular formula is C22H26FN9O3. The lowest BCUT2D eigenvalue weighted by atomic mass is 10.0. The molecular weight excluding hydrogens is 457 g/mol. The Balaban J connectivity index is 1.67. The number of aliphatic hydroxyl groups is 1. The number of amides is 1. The van der Waals surface area contributed by atoms with Gasteiger partial charge in [-0.05, 0) is 25.1 Å². The lowest BCUT2D eigenvalue weighted by molar-refractivity contribution is -0.138. The van der Waals surface area contributed by atoms with Crippen LogP contribution in [0.15, 0.2) is 47.6 Å². The average molecular weight is 484 g/mol. The fourth-order valence-electron chi connectivity index (χ4n) is 3.33. The van der Waals surface area contributed by atoms with Crippen molar-refractivity contribution in [1.82, 2.24) is 24.9 Å². The maximum Gasteiger partial charge on any atom is 0.248 e. The van der Waals surface area contributed by atoms with Gasteiger partial charge in [-0.25, -0.2) is 14.4 Å². The Labute approximate surface area is 201 Å². The van der Waals surface area contributed by atoms with Crippen molar-refractivity contribution < 1.29 is 19.0 Å². The number of nitrogens with one attached hydrogen (secondary N) is 1. The van der Waals surface area contributed by atoms with Crippen molar-refractivity contribution in [3.05, 3.63) is 42.9 Å². The summed E-state index contributed by atoms with van der Waals surface area (Å²) < 4.78 is 20.3. The molecule has 1 saturated heterocycles. The van der Waals surface area contributed by atoms with E-state index in [1.165, 1.54) is 11.2 Å². The lowest BCUT2D eigenvalue weighted by Gasteiger charge is -2.34. The van der Waals surface area contributed by atoms with Gasteiger partial charge < -0.3 is 20.1 Å². The van der Waals surface area contributed by atoms with Gasteiger partial charge in [-0.15, -0.1) is 5.11 Å². The highest BCUT2D eigenvalue weighted by Gasteiger charge is 2.33. The first-order chi connectivity index (χ1) is 17.0. The molecule has 3 rings (SSSR count). The van der Waals surface area contributed by atoms with Gasteiger partial charge in [-0.1, -0.05) is 11.8 Å². The summed E-state index contributed by atoms with van der Waals surface area (Å²) in [6.45, 7) is 5.74. The molecule has 13 heteroatoms. The van der Waals surface area contributed by atoms with Gasteiger partial charge in [0.2, 0.25) is 11.9 Å². The van der Waals surface area contributed by atoms with E-state index in [0.29, 0.717) is 17.9 Å². The van der Waals surface area contributed by atoms with Crippen LogP contribution < -0.4 is 10.1 Å². The molecule has 0 spiro atoms. The highest BCUT2D eigenvalue weighted by molar-refractivity contribution is 5.77. The van der Waals surface area contributed by atoms with Gasteiger partial charge in [0, 0.05) is 31.3 Å². The van der Waals surface area contributed by atoms with E-state index in [1.54, 1.807) is 29.4 Å². The number of hydrogen-bond acceptors (Lipinski definition) is 10. The van der Waals surface area contributed by atoms with Gasteiger partial charge in [0.1, 0.15) is 37.5 Å². The minimum Gasteiger partial charge on any atom is -0.486 e. The molecule has 2 N–H and O–H groups in total. The molecule has 0 bridgehead atoms. The quantitative estimate of drug-likeness (QED) is 0.381. The van der Waals surface area contributed by atoms with Gasteiger partial charge in [-0.3, -0.25) is 9.80 Å². The SMILES string of the molecule is C=CN(CC)N=NCNc1ncnc(-c2ccc(O[C@H]3CCN(C(=O)CO)C[C@H]3F)c(C#N)c2)n1. The zero-order chi connectivity index (χ0) is 25.2. The number of carbonyl (C=O) groups excluding carboxylic acids is 1. The molecule has 0 aliphatic carbocycles. The van der Waals surface area contributed by atoms with E-state index in [2.05, 4.69) is 43.3 Å². The fourth-order valence-corrected chi connectivity index (χ4v) is 3.33. The minimum atomic E-state index is -1.45. The van der Waals surface area contributed by atoms with E-state index < -0.39 is 24.8 Å². The number of likely N-dealkylation sites (tertiary alicyclic amines) is 1. The number of benzene rings is 1. The summed E-state index contributed by atoms with van der Waals surface area (Å²) in [7, 11) is 0. The van der Waals surface area contributed by atoms with Crippen LogP contribution in [-0.2, 0) is 4.79 Å². The Kier molecular flexibility index (Phi) is 8.96. The minimum absolute atomic E-state index is 0.136. The fraction of sp³-hybridized carbons (Fsp3) is 0.409. The Morgan fingerprint density at radius 3 is 3.03 bits per heavy atom. The monoisotopic (exact) mass is 483 g/mol. The van der Waals surface area contributed by atoms with E-state index in [0.717, 1.165) is 0 Å². The number of anilines is 1. The summed E-state index contributed by atoms with van der Waals surface area (Å²) in [6, 6.07) is 6.83. The molecule has 1 aromatic heterocycles. The van der Waals surface area contributed by atoms with Crippen LogP contribution in [0.1, 0.15) is 18.9 Å². The second-order valence-corrected chi connectivity index (χ2v) is 7.42. The number of ether oxygens (including phenoxy) is 1. The number of halogens is 1. The van der Waals surface area contributed by atoms with Gasteiger partial charge >= 0.3 is 0 Å². The van der Waals surface area contributed by atoms with Crippen molar-refractivity contribution in [1.29, 1.82) is 5.26 Å². The lowest BCUT2D eigenvalue weighted by Crippen LogP contribution is -2.50. The van der Waals surface area contributed by atoms with Gasteiger partial charge in [0.25, 0.3) is 0 Å². The van der Waals surface area contributed by atoms with Crippen molar-refractivity contribution >= 4 is 11.9 Å². The van der Waals surface area contributed by atoms with Crippen LogP contribution in [0.4, 0.5) is 10.3 Å². The predicted molar refractivity (Wildman–Crippen MR) is 123 cm³/mol. The Hall–Kier alpha value is -4.18. The molecule has 12 nitrogen and oxygen atoms in total. The number of piperidine rings is 1. The van der Waals surface area contributed by atoms with Gasteiger partial charge in [0.05, 0.1) is 12.1 Å². The maximum absolute atomic E-state index is 14.6. The number of nitrogens with zero attached hydrogens (tertiary/aromatic N) is 8.